The van der Waals surface area contributed by atoms with Crippen LogP contribution in [0.2, 0.25) is 5.02 Å². The van der Waals surface area contributed by atoms with Gasteiger partial charge in [-0.2, -0.15) is 0 Å². The Hall–Kier alpha value is -1.10. The van der Waals surface area contributed by atoms with Gasteiger partial charge in [0, 0.05) is 11.6 Å². The SMILES string of the molecule is CC1CCCCC1OCC(=O)NCC(O)c1ccc(Cl)cc1. The molecule has 22 heavy (non-hydrogen) atoms. The maximum absolute atomic E-state index is 11.8. The van der Waals surface area contributed by atoms with Gasteiger partial charge < -0.3 is 15.2 Å². The predicted octanol–water partition coefficient (Wildman–Crippen LogP) is 3.08. The molecule has 122 valence electrons. The van der Waals surface area contributed by atoms with Gasteiger partial charge in [-0.25, -0.2) is 0 Å². The van der Waals surface area contributed by atoms with Crippen molar-refractivity contribution in [2.24, 2.45) is 5.92 Å². The van der Waals surface area contributed by atoms with E-state index in [2.05, 4.69) is 12.2 Å². The minimum Gasteiger partial charge on any atom is -0.387 e. The van der Waals surface area contributed by atoms with Gasteiger partial charge in [-0.3, -0.25) is 4.79 Å². The van der Waals surface area contributed by atoms with Crippen molar-refractivity contribution in [1.29, 1.82) is 0 Å². The zero-order valence-corrected chi connectivity index (χ0v) is 13.7. The molecule has 3 atom stereocenters. The van der Waals surface area contributed by atoms with E-state index in [1.165, 1.54) is 19.3 Å². The Balaban J connectivity index is 1.69. The van der Waals surface area contributed by atoms with Crippen LogP contribution in [-0.4, -0.2) is 30.3 Å². The first-order valence-corrected chi connectivity index (χ1v) is 8.26. The molecule has 1 saturated carbocycles. The van der Waals surface area contributed by atoms with Crippen molar-refractivity contribution >= 4 is 17.5 Å². The average Bonchev–Trinajstić information content (AvgIpc) is 2.52. The van der Waals surface area contributed by atoms with Gasteiger partial charge in [0.25, 0.3) is 0 Å². The Bertz CT molecular complexity index is 477. The quantitative estimate of drug-likeness (QED) is 0.845. The number of nitrogens with one attached hydrogen (secondary N) is 1. The van der Waals surface area contributed by atoms with E-state index in [-0.39, 0.29) is 25.2 Å². The van der Waals surface area contributed by atoms with Crippen LogP contribution in [0.25, 0.3) is 0 Å². The van der Waals surface area contributed by atoms with Crippen molar-refractivity contribution in [3.05, 3.63) is 34.9 Å². The Morgan fingerprint density at radius 3 is 2.73 bits per heavy atom. The highest BCUT2D eigenvalue weighted by molar-refractivity contribution is 6.30. The van der Waals surface area contributed by atoms with Crippen LogP contribution in [0, 0.1) is 5.92 Å². The lowest BCUT2D eigenvalue weighted by Crippen LogP contribution is -2.35. The van der Waals surface area contributed by atoms with Gasteiger partial charge in [0.15, 0.2) is 0 Å². The van der Waals surface area contributed by atoms with Crippen LogP contribution >= 0.6 is 11.6 Å². The fourth-order valence-electron chi connectivity index (χ4n) is 2.78. The lowest BCUT2D eigenvalue weighted by Gasteiger charge is -2.28. The highest BCUT2D eigenvalue weighted by atomic mass is 35.5. The molecule has 0 bridgehead atoms. The fourth-order valence-corrected chi connectivity index (χ4v) is 2.90. The first-order valence-electron chi connectivity index (χ1n) is 7.88. The van der Waals surface area contributed by atoms with Gasteiger partial charge in [-0.05, 0) is 36.5 Å². The summed E-state index contributed by atoms with van der Waals surface area (Å²) >= 11 is 5.80. The normalized spacial score (nSPS) is 23.0. The summed E-state index contributed by atoms with van der Waals surface area (Å²) in [6.45, 7) is 2.40. The van der Waals surface area contributed by atoms with E-state index in [0.29, 0.717) is 10.9 Å². The fraction of sp³-hybridized carbons (Fsp3) is 0.588. The molecule has 2 N–H and O–H groups in total. The number of carbonyl (C=O) groups is 1. The molecule has 0 saturated heterocycles. The Morgan fingerprint density at radius 2 is 2.05 bits per heavy atom. The molecule has 0 spiro atoms. The third kappa shape index (κ3) is 5.27. The van der Waals surface area contributed by atoms with E-state index in [0.717, 1.165) is 12.0 Å². The van der Waals surface area contributed by atoms with Gasteiger partial charge >= 0.3 is 0 Å². The summed E-state index contributed by atoms with van der Waals surface area (Å²) in [5.41, 5.74) is 0.728. The van der Waals surface area contributed by atoms with Crippen LogP contribution < -0.4 is 5.32 Å². The first-order chi connectivity index (χ1) is 10.6. The molecule has 4 nitrogen and oxygen atoms in total. The topological polar surface area (TPSA) is 58.6 Å². The number of aliphatic hydroxyl groups excluding tert-OH is 1. The Labute approximate surface area is 136 Å². The molecule has 1 aliphatic rings. The number of aliphatic hydroxyl groups is 1. The third-order valence-corrected chi connectivity index (χ3v) is 4.46. The van der Waals surface area contributed by atoms with Crippen molar-refractivity contribution in [3.8, 4) is 0 Å². The number of hydrogen-bond donors (Lipinski definition) is 2. The van der Waals surface area contributed by atoms with Gasteiger partial charge in [0.2, 0.25) is 5.91 Å². The molecule has 0 aromatic heterocycles. The molecule has 3 unspecified atom stereocenters. The summed E-state index contributed by atoms with van der Waals surface area (Å²) in [7, 11) is 0. The molecular weight excluding hydrogens is 302 g/mol. The third-order valence-electron chi connectivity index (χ3n) is 4.21. The Morgan fingerprint density at radius 1 is 1.36 bits per heavy atom. The second kappa shape index (κ2) is 8.51. The summed E-state index contributed by atoms with van der Waals surface area (Å²) in [5, 5.41) is 13.3. The van der Waals surface area contributed by atoms with Crippen LogP contribution in [0.5, 0.6) is 0 Å². The van der Waals surface area contributed by atoms with Crippen molar-refractivity contribution in [1.82, 2.24) is 5.32 Å². The molecule has 5 heteroatoms. The van der Waals surface area contributed by atoms with Crippen molar-refractivity contribution in [2.75, 3.05) is 13.2 Å². The van der Waals surface area contributed by atoms with Crippen molar-refractivity contribution in [3.63, 3.8) is 0 Å². The largest absolute Gasteiger partial charge is 0.387 e. The maximum atomic E-state index is 11.8. The highest BCUT2D eigenvalue weighted by Crippen LogP contribution is 2.26. The number of amides is 1. The summed E-state index contributed by atoms with van der Waals surface area (Å²) < 4.78 is 5.70. The minimum absolute atomic E-state index is 0.0579. The molecule has 1 aromatic carbocycles. The molecule has 0 aliphatic heterocycles. The molecule has 1 amide bonds. The lowest BCUT2D eigenvalue weighted by molar-refractivity contribution is -0.130. The number of ether oxygens (including phenoxy) is 1. The van der Waals surface area contributed by atoms with Crippen LogP contribution in [-0.2, 0) is 9.53 Å². The molecule has 1 aliphatic carbocycles. The average molecular weight is 326 g/mol. The zero-order chi connectivity index (χ0) is 15.9. The molecule has 0 heterocycles. The van der Waals surface area contributed by atoms with Crippen molar-refractivity contribution < 1.29 is 14.6 Å². The number of hydrogen-bond acceptors (Lipinski definition) is 3. The maximum Gasteiger partial charge on any atom is 0.246 e. The number of carbonyl (C=O) groups excluding carboxylic acids is 1. The first kappa shape index (κ1) is 17.3. The summed E-state index contributed by atoms with van der Waals surface area (Å²) in [6, 6.07) is 6.93. The zero-order valence-electron chi connectivity index (χ0n) is 12.9. The molecular formula is C17H24ClNO3. The summed E-state index contributed by atoms with van der Waals surface area (Å²) in [4.78, 5) is 11.8. The highest BCUT2D eigenvalue weighted by Gasteiger charge is 2.22. The van der Waals surface area contributed by atoms with Crippen molar-refractivity contribution in [2.45, 2.75) is 44.8 Å². The minimum atomic E-state index is -0.741. The van der Waals surface area contributed by atoms with Gasteiger partial charge in [-0.15, -0.1) is 0 Å². The number of halogens is 1. The van der Waals surface area contributed by atoms with Gasteiger partial charge in [-0.1, -0.05) is 43.5 Å². The second-order valence-electron chi connectivity index (χ2n) is 5.98. The standard InChI is InChI=1S/C17H24ClNO3/c1-12-4-2-3-5-16(12)22-11-17(21)19-10-15(20)13-6-8-14(18)9-7-13/h6-9,12,15-16,20H,2-5,10-11H2,1H3,(H,19,21). The van der Waals surface area contributed by atoms with Gasteiger partial charge in [0.05, 0.1) is 12.2 Å². The van der Waals surface area contributed by atoms with E-state index >= 15 is 0 Å². The Kier molecular flexibility index (Phi) is 6.68. The van der Waals surface area contributed by atoms with E-state index in [1.54, 1.807) is 24.3 Å². The van der Waals surface area contributed by atoms with Crippen LogP contribution in [0.1, 0.15) is 44.3 Å². The molecule has 0 radical (unpaired) electrons. The lowest BCUT2D eigenvalue weighted by atomic mass is 9.88. The van der Waals surface area contributed by atoms with E-state index in [1.807, 2.05) is 0 Å². The van der Waals surface area contributed by atoms with Crippen LogP contribution in [0.15, 0.2) is 24.3 Å². The molecule has 2 rings (SSSR count). The van der Waals surface area contributed by atoms with Crippen LogP contribution in [0.3, 0.4) is 0 Å². The summed E-state index contributed by atoms with van der Waals surface area (Å²) in [6.07, 6.45) is 4.06. The smallest absolute Gasteiger partial charge is 0.246 e. The van der Waals surface area contributed by atoms with Crippen LogP contribution in [0.4, 0.5) is 0 Å². The second-order valence-corrected chi connectivity index (χ2v) is 6.42. The number of rotatable bonds is 6. The van der Waals surface area contributed by atoms with E-state index in [4.69, 9.17) is 16.3 Å². The molecule has 1 aromatic rings. The van der Waals surface area contributed by atoms with E-state index in [9.17, 15) is 9.90 Å². The number of benzene rings is 1. The monoisotopic (exact) mass is 325 g/mol. The van der Waals surface area contributed by atoms with Gasteiger partial charge in [0.1, 0.15) is 6.61 Å². The summed E-state index contributed by atoms with van der Waals surface area (Å²) in [5.74, 6) is 0.326. The molecule has 1 fully saturated rings. The predicted molar refractivity (Wildman–Crippen MR) is 86.8 cm³/mol. The van der Waals surface area contributed by atoms with E-state index < -0.39 is 6.10 Å².